The van der Waals surface area contributed by atoms with Crippen LogP contribution in [0, 0.1) is 0 Å². The fraction of sp³-hybridized carbons (Fsp3) is 0.500. The highest BCUT2D eigenvalue weighted by Gasteiger charge is 2.37. The summed E-state index contributed by atoms with van der Waals surface area (Å²) >= 11 is 5.77. The van der Waals surface area contributed by atoms with Gasteiger partial charge in [0.15, 0.2) is 0 Å². The molecule has 0 atom stereocenters. The maximum atomic E-state index is 9.91. The van der Waals surface area contributed by atoms with Gasteiger partial charge in [-0.3, -0.25) is 0 Å². The molecule has 0 saturated heterocycles. The van der Waals surface area contributed by atoms with Crippen LogP contribution in [0.3, 0.4) is 0 Å². The predicted molar refractivity (Wildman–Crippen MR) is 74.0 cm³/mol. The molecule has 0 aliphatic carbocycles. The van der Waals surface area contributed by atoms with E-state index in [0.29, 0.717) is 10.8 Å². The maximum Gasteiger partial charge on any atom is 0.432 e. The number of aliphatic hydroxyl groups is 1. The van der Waals surface area contributed by atoms with Crippen LogP contribution in [0.1, 0.15) is 27.7 Å². The minimum atomic E-state index is -0.910. The zero-order valence-electron chi connectivity index (χ0n) is 11.1. The van der Waals surface area contributed by atoms with E-state index in [1.54, 1.807) is 38.1 Å². The van der Waals surface area contributed by atoms with Crippen molar-refractivity contribution < 1.29 is 19.9 Å². The fourth-order valence-electron chi connectivity index (χ4n) is 0.922. The van der Waals surface area contributed by atoms with Gasteiger partial charge in [-0.15, -0.1) is 0 Å². The molecule has 0 spiro atoms. The molecule has 0 amide bonds. The maximum absolute atomic E-state index is 9.91. The number of halogens is 1. The smallest absolute Gasteiger partial charge is 0.432 e. The predicted octanol–water partition coefficient (Wildman–Crippen LogP) is 1.51. The summed E-state index contributed by atoms with van der Waals surface area (Å²) in [5.74, 6) is 0.700. The Labute approximate surface area is 113 Å². The van der Waals surface area contributed by atoms with E-state index in [4.69, 9.17) is 26.4 Å². The first-order chi connectivity index (χ1) is 8.14. The molecule has 0 radical (unpaired) electrons. The van der Waals surface area contributed by atoms with Crippen LogP contribution in [0.4, 0.5) is 0 Å². The van der Waals surface area contributed by atoms with Crippen LogP contribution in [-0.4, -0.2) is 34.0 Å². The second-order valence-electron chi connectivity index (χ2n) is 4.77. The van der Waals surface area contributed by atoms with E-state index in [-0.39, 0.29) is 0 Å². The molecule has 18 heavy (non-hydrogen) atoms. The SMILES string of the molecule is CC(C)(O)C(C)(C)Oc1ccc(Cl)cc1.OBO. The highest BCUT2D eigenvalue weighted by molar-refractivity contribution is 6.30. The molecule has 1 aromatic carbocycles. The summed E-state index contributed by atoms with van der Waals surface area (Å²) in [6.45, 7) is 7.15. The molecule has 102 valence electrons. The summed E-state index contributed by atoms with van der Waals surface area (Å²) in [5.41, 5.74) is -1.56. The summed E-state index contributed by atoms with van der Waals surface area (Å²) in [4.78, 5) is 0. The standard InChI is InChI=1S/C12H17ClO2.BH3O2/c1-11(2,14)12(3,4)15-10-7-5-9(13)6-8-10;2-1-3/h5-8,14H,1-4H3;1-3H. The second-order valence-corrected chi connectivity index (χ2v) is 5.20. The van der Waals surface area contributed by atoms with E-state index in [2.05, 4.69) is 0 Å². The molecular formula is C12H20BClO4. The molecule has 0 aliphatic rings. The van der Waals surface area contributed by atoms with Crippen molar-refractivity contribution in [1.29, 1.82) is 0 Å². The summed E-state index contributed by atoms with van der Waals surface area (Å²) in [7, 11) is -0.750. The Kier molecular flexibility index (Phi) is 6.71. The molecule has 1 aromatic rings. The van der Waals surface area contributed by atoms with Gasteiger partial charge in [0, 0.05) is 5.02 Å². The van der Waals surface area contributed by atoms with Crippen molar-refractivity contribution in [2.45, 2.75) is 38.9 Å². The lowest BCUT2D eigenvalue weighted by molar-refractivity contribution is -0.0906. The highest BCUT2D eigenvalue weighted by atomic mass is 35.5. The highest BCUT2D eigenvalue weighted by Crippen LogP contribution is 2.28. The minimum Gasteiger partial charge on any atom is -0.485 e. The summed E-state index contributed by atoms with van der Waals surface area (Å²) in [6, 6.07) is 7.10. The molecule has 0 unspecified atom stereocenters. The largest absolute Gasteiger partial charge is 0.485 e. The monoisotopic (exact) mass is 274 g/mol. The van der Waals surface area contributed by atoms with Crippen molar-refractivity contribution in [2.75, 3.05) is 0 Å². The number of hydrogen-bond donors (Lipinski definition) is 3. The number of hydrogen-bond acceptors (Lipinski definition) is 4. The zero-order valence-corrected chi connectivity index (χ0v) is 11.9. The Morgan fingerprint density at radius 3 is 1.78 bits per heavy atom. The molecule has 0 fully saturated rings. The Morgan fingerprint density at radius 2 is 1.44 bits per heavy atom. The van der Waals surface area contributed by atoms with Crippen LogP contribution in [0.2, 0.25) is 5.02 Å². The normalized spacial score (nSPS) is 11.3. The Balaban J connectivity index is 0.000000873. The van der Waals surface area contributed by atoms with Crippen molar-refractivity contribution in [1.82, 2.24) is 0 Å². The van der Waals surface area contributed by atoms with E-state index in [1.807, 2.05) is 13.8 Å². The molecule has 0 aromatic heterocycles. The van der Waals surface area contributed by atoms with Gasteiger partial charge in [0.1, 0.15) is 11.4 Å². The van der Waals surface area contributed by atoms with Crippen LogP contribution in [0.15, 0.2) is 24.3 Å². The molecule has 0 heterocycles. The molecule has 1 rings (SSSR count). The first-order valence-electron chi connectivity index (χ1n) is 5.52. The average Bonchev–Trinajstić information content (AvgIpc) is 2.20. The number of rotatable bonds is 3. The summed E-state index contributed by atoms with van der Waals surface area (Å²) in [6.07, 6.45) is 0. The van der Waals surface area contributed by atoms with Gasteiger partial charge < -0.3 is 19.9 Å². The average molecular weight is 275 g/mol. The van der Waals surface area contributed by atoms with Gasteiger partial charge in [-0.25, -0.2) is 0 Å². The third-order valence-corrected chi connectivity index (χ3v) is 2.91. The van der Waals surface area contributed by atoms with E-state index in [9.17, 15) is 5.11 Å². The molecule has 6 heteroatoms. The van der Waals surface area contributed by atoms with Crippen LogP contribution in [0.25, 0.3) is 0 Å². The fourth-order valence-corrected chi connectivity index (χ4v) is 1.05. The third kappa shape index (κ3) is 5.73. The lowest BCUT2D eigenvalue weighted by Gasteiger charge is -2.37. The molecule has 0 bridgehead atoms. The van der Waals surface area contributed by atoms with E-state index >= 15 is 0 Å². The van der Waals surface area contributed by atoms with E-state index < -0.39 is 18.9 Å². The van der Waals surface area contributed by atoms with Gasteiger partial charge in [0.25, 0.3) is 0 Å². The van der Waals surface area contributed by atoms with Gasteiger partial charge in [-0.2, -0.15) is 0 Å². The first kappa shape index (κ1) is 17.3. The number of ether oxygens (including phenoxy) is 1. The van der Waals surface area contributed by atoms with Crippen LogP contribution in [0.5, 0.6) is 5.75 Å². The molecule has 0 aliphatic heterocycles. The van der Waals surface area contributed by atoms with Gasteiger partial charge in [0.05, 0.1) is 5.60 Å². The van der Waals surface area contributed by atoms with Crippen molar-refractivity contribution in [3.05, 3.63) is 29.3 Å². The van der Waals surface area contributed by atoms with Crippen molar-refractivity contribution in [3.8, 4) is 5.75 Å². The molecule has 3 N–H and O–H groups in total. The Morgan fingerprint density at radius 1 is 1.06 bits per heavy atom. The van der Waals surface area contributed by atoms with Crippen LogP contribution >= 0.6 is 11.6 Å². The van der Waals surface area contributed by atoms with Gasteiger partial charge in [0.2, 0.25) is 0 Å². The zero-order chi connectivity index (χ0) is 14.4. The summed E-state index contributed by atoms with van der Waals surface area (Å²) in [5, 5.41) is 24.8. The second kappa shape index (κ2) is 6.99. The first-order valence-corrected chi connectivity index (χ1v) is 5.90. The van der Waals surface area contributed by atoms with E-state index in [1.165, 1.54) is 0 Å². The quantitative estimate of drug-likeness (QED) is 0.731. The van der Waals surface area contributed by atoms with Gasteiger partial charge >= 0.3 is 7.69 Å². The minimum absolute atomic E-state index is 0.652. The Bertz CT molecular complexity index is 346. The number of benzene rings is 1. The van der Waals surface area contributed by atoms with Crippen molar-refractivity contribution in [3.63, 3.8) is 0 Å². The lowest BCUT2D eigenvalue weighted by Crippen LogP contribution is -2.49. The van der Waals surface area contributed by atoms with Crippen LogP contribution in [-0.2, 0) is 0 Å². The molecule has 0 saturated carbocycles. The molecule has 4 nitrogen and oxygen atoms in total. The van der Waals surface area contributed by atoms with Crippen molar-refractivity contribution in [2.24, 2.45) is 0 Å². The van der Waals surface area contributed by atoms with Crippen LogP contribution < -0.4 is 4.74 Å². The topological polar surface area (TPSA) is 69.9 Å². The van der Waals surface area contributed by atoms with Crippen molar-refractivity contribution >= 4 is 19.3 Å². The molecular weight excluding hydrogens is 254 g/mol. The summed E-state index contributed by atoms with van der Waals surface area (Å²) < 4.78 is 5.71. The lowest BCUT2D eigenvalue weighted by atomic mass is 9.89. The van der Waals surface area contributed by atoms with Gasteiger partial charge in [-0.05, 0) is 52.0 Å². The third-order valence-electron chi connectivity index (χ3n) is 2.66. The van der Waals surface area contributed by atoms with Gasteiger partial charge in [-0.1, -0.05) is 11.6 Å². The Hall–Kier alpha value is -0.745. The van der Waals surface area contributed by atoms with E-state index in [0.717, 1.165) is 0 Å².